The van der Waals surface area contributed by atoms with Gasteiger partial charge in [-0.25, -0.2) is 19.2 Å². The first-order valence-corrected chi connectivity index (χ1v) is 7.45. The molecular formula is C14H22N2O11. The second-order valence-corrected chi connectivity index (χ2v) is 4.61. The highest BCUT2D eigenvalue weighted by Gasteiger charge is 2.21. The lowest BCUT2D eigenvalue weighted by atomic mass is 10.4. The van der Waals surface area contributed by atoms with E-state index in [2.05, 4.69) is 24.8 Å². The predicted molar refractivity (Wildman–Crippen MR) is 85.2 cm³/mol. The van der Waals surface area contributed by atoms with Crippen LogP contribution in [0.5, 0.6) is 0 Å². The highest BCUT2D eigenvalue weighted by atomic mass is 16.6. The number of carbonyl (C=O) groups is 6. The van der Waals surface area contributed by atoms with Crippen LogP contribution < -0.4 is 10.6 Å². The van der Waals surface area contributed by atoms with E-state index in [1.807, 2.05) is 0 Å². The van der Waals surface area contributed by atoms with Crippen LogP contribution in [0.4, 0.5) is 9.59 Å². The molecule has 27 heavy (non-hydrogen) atoms. The van der Waals surface area contributed by atoms with E-state index in [1.54, 1.807) is 0 Å². The van der Waals surface area contributed by atoms with Crippen LogP contribution in [0.2, 0.25) is 0 Å². The van der Waals surface area contributed by atoms with Gasteiger partial charge >= 0.3 is 30.1 Å². The third-order valence-electron chi connectivity index (χ3n) is 2.09. The lowest BCUT2D eigenvalue weighted by Crippen LogP contribution is -2.35. The molecular weight excluding hydrogens is 372 g/mol. The Kier molecular flexibility index (Phi) is 14.5. The fourth-order valence-corrected chi connectivity index (χ4v) is 1.13. The van der Waals surface area contributed by atoms with Crippen molar-refractivity contribution in [3.05, 3.63) is 0 Å². The number of hydrogen-bond donors (Lipinski definition) is 4. The summed E-state index contributed by atoms with van der Waals surface area (Å²) in [5.74, 6) is -3.72. The number of aliphatic carboxylic acids is 1. The van der Waals surface area contributed by atoms with Gasteiger partial charge in [0.2, 0.25) is 0 Å². The van der Waals surface area contributed by atoms with Gasteiger partial charge in [-0.1, -0.05) is 0 Å². The Balaban J connectivity index is 0. The topological polar surface area (TPSA) is 195 Å². The van der Waals surface area contributed by atoms with Crippen molar-refractivity contribution in [1.29, 1.82) is 0 Å². The number of carboxylic acids is 1. The number of alkyl carbamates (subject to hydrolysis) is 2. The summed E-state index contributed by atoms with van der Waals surface area (Å²) in [7, 11) is 0. The van der Waals surface area contributed by atoms with Crippen molar-refractivity contribution in [2.75, 3.05) is 19.7 Å². The highest BCUT2D eigenvalue weighted by molar-refractivity contribution is 5.88. The fraction of sp³-hybridized carbons (Fsp3) is 0.571. The Morgan fingerprint density at radius 1 is 0.926 bits per heavy atom. The summed E-state index contributed by atoms with van der Waals surface area (Å²) in [5, 5.41) is 20.3. The second kappa shape index (κ2) is 15.1. The average Bonchev–Trinajstić information content (AvgIpc) is 2.52. The van der Waals surface area contributed by atoms with Gasteiger partial charge in [0, 0.05) is 26.9 Å². The molecule has 4 N–H and O–H groups in total. The Hall–Kier alpha value is -3.22. The third-order valence-corrected chi connectivity index (χ3v) is 2.09. The van der Waals surface area contributed by atoms with E-state index in [0.717, 1.165) is 13.8 Å². The van der Waals surface area contributed by atoms with Crippen LogP contribution in [0.3, 0.4) is 0 Å². The van der Waals surface area contributed by atoms with E-state index in [9.17, 15) is 24.0 Å². The summed E-state index contributed by atoms with van der Waals surface area (Å²) in [6.45, 7) is 2.62. The number of ether oxygens (including phenoxy) is 3. The molecule has 13 nitrogen and oxygen atoms in total. The molecule has 0 aliphatic rings. The first-order chi connectivity index (χ1) is 12.5. The van der Waals surface area contributed by atoms with E-state index >= 15 is 0 Å². The van der Waals surface area contributed by atoms with Crippen molar-refractivity contribution in [3.8, 4) is 0 Å². The van der Waals surface area contributed by atoms with Crippen molar-refractivity contribution in [2.45, 2.75) is 33.3 Å². The van der Waals surface area contributed by atoms with E-state index in [1.165, 1.54) is 6.92 Å². The lowest BCUT2D eigenvalue weighted by molar-refractivity contribution is -0.164. The number of hydrogen-bond acceptors (Lipinski definition) is 10. The normalized spacial score (nSPS) is 10.2. The SMILES string of the molecule is CC(=O)O.CC(=O)OC(=O)NCCCNC(=O)OC(=O)C(C)OC(=O)CO. The quantitative estimate of drug-likeness (QED) is 0.177. The zero-order valence-electron chi connectivity index (χ0n) is 15.0. The minimum Gasteiger partial charge on any atom is -0.481 e. The van der Waals surface area contributed by atoms with Crippen LogP contribution in [0.1, 0.15) is 27.2 Å². The molecule has 1 atom stereocenters. The number of esters is 3. The van der Waals surface area contributed by atoms with E-state index in [0.29, 0.717) is 0 Å². The van der Waals surface area contributed by atoms with Crippen molar-refractivity contribution >= 4 is 36.1 Å². The van der Waals surface area contributed by atoms with Gasteiger partial charge in [-0.3, -0.25) is 9.59 Å². The molecule has 0 saturated heterocycles. The molecule has 0 aromatic carbocycles. The van der Waals surface area contributed by atoms with Gasteiger partial charge in [-0.2, -0.15) is 0 Å². The standard InChI is InChI=1S/C12H18N2O9.C2H4O2/c1-7(21-9(17)6-15)10(18)23-12(20)14-5-3-4-13-11(19)22-8(2)16;1-2(3)4/h7,15H,3-6H2,1-2H3,(H,13,19)(H,14,20);1H3,(H,3,4). The van der Waals surface area contributed by atoms with Crippen LogP contribution in [0.25, 0.3) is 0 Å². The van der Waals surface area contributed by atoms with Crippen molar-refractivity contribution < 1.29 is 53.2 Å². The smallest absolute Gasteiger partial charge is 0.414 e. The maximum Gasteiger partial charge on any atom is 0.414 e. The number of aliphatic hydroxyl groups excluding tert-OH is 1. The molecule has 0 aromatic rings. The monoisotopic (exact) mass is 394 g/mol. The molecule has 154 valence electrons. The second-order valence-electron chi connectivity index (χ2n) is 4.61. The van der Waals surface area contributed by atoms with Gasteiger partial charge in [0.15, 0.2) is 6.10 Å². The number of amides is 2. The van der Waals surface area contributed by atoms with Gasteiger partial charge < -0.3 is 35.1 Å². The largest absolute Gasteiger partial charge is 0.481 e. The Morgan fingerprint density at radius 3 is 1.78 bits per heavy atom. The van der Waals surface area contributed by atoms with Crippen LogP contribution in [0.15, 0.2) is 0 Å². The molecule has 0 bridgehead atoms. The summed E-state index contributed by atoms with van der Waals surface area (Å²) < 4.78 is 13.0. The first kappa shape index (κ1) is 26.0. The molecule has 0 spiro atoms. The maximum atomic E-state index is 11.3. The highest BCUT2D eigenvalue weighted by Crippen LogP contribution is 1.96. The number of carbonyl (C=O) groups excluding carboxylic acids is 5. The molecule has 0 aliphatic heterocycles. The van der Waals surface area contributed by atoms with Gasteiger partial charge in [-0.05, 0) is 13.3 Å². The van der Waals surface area contributed by atoms with Crippen LogP contribution >= 0.6 is 0 Å². The van der Waals surface area contributed by atoms with E-state index in [4.69, 9.17) is 15.0 Å². The summed E-state index contributed by atoms with van der Waals surface area (Å²) >= 11 is 0. The molecule has 2 amide bonds. The Labute approximate surface area is 153 Å². The fourth-order valence-electron chi connectivity index (χ4n) is 1.13. The lowest BCUT2D eigenvalue weighted by Gasteiger charge is -2.11. The number of rotatable bonds is 7. The molecule has 0 rings (SSSR count). The third kappa shape index (κ3) is 19.0. The predicted octanol–water partition coefficient (Wildman–Crippen LogP) is -1.08. The van der Waals surface area contributed by atoms with Gasteiger partial charge in [0.1, 0.15) is 6.61 Å². The van der Waals surface area contributed by atoms with Gasteiger partial charge in [-0.15, -0.1) is 0 Å². The van der Waals surface area contributed by atoms with Crippen LogP contribution in [-0.4, -0.2) is 72.1 Å². The Morgan fingerprint density at radius 2 is 1.37 bits per heavy atom. The summed E-state index contributed by atoms with van der Waals surface area (Å²) in [6, 6.07) is 0. The molecule has 1 unspecified atom stereocenters. The molecule has 0 aliphatic carbocycles. The van der Waals surface area contributed by atoms with Gasteiger partial charge in [0.25, 0.3) is 5.97 Å². The number of nitrogens with one attached hydrogen (secondary N) is 2. The minimum atomic E-state index is -1.34. The summed E-state index contributed by atoms with van der Waals surface area (Å²) in [4.78, 5) is 63.7. The van der Waals surface area contributed by atoms with Gasteiger partial charge in [0.05, 0.1) is 0 Å². The van der Waals surface area contributed by atoms with Crippen molar-refractivity contribution in [2.24, 2.45) is 0 Å². The zero-order chi connectivity index (χ0) is 21.4. The van der Waals surface area contributed by atoms with Crippen molar-refractivity contribution in [1.82, 2.24) is 10.6 Å². The minimum absolute atomic E-state index is 0.0667. The molecule has 0 aromatic heterocycles. The van der Waals surface area contributed by atoms with Crippen LogP contribution in [-0.2, 0) is 33.4 Å². The zero-order valence-corrected chi connectivity index (χ0v) is 15.0. The molecule has 0 saturated carbocycles. The average molecular weight is 394 g/mol. The van der Waals surface area contributed by atoms with Crippen LogP contribution in [0, 0.1) is 0 Å². The molecule has 0 radical (unpaired) electrons. The maximum absolute atomic E-state index is 11.3. The van der Waals surface area contributed by atoms with Crippen molar-refractivity contribution in [3.63, 3.8) is 0 Å². The summed E-state index contributed by atoms with van der Waals surface area (Å²) in [5.41, 5.74) is 0. The number of aliphatic hydroxyl groups is 1. The Bertz CT molecular complexity index is 543. The van der Waals surface area contributed by atoms with E-state index < -0.39 is 48.8 Å². The number of carboxylic acid groups (broad SMARTS) is 1. The molecule has 0 heterocycles. The molecule has 0 fully saturated rings. The van der Waals surface area contributed by atoms with E-state index in [-0.39, 0.29) is 19.5 Å². The molecule has 13 heteroatoms. The first-order valence-electron chi connectivity index (χ1n) is 7.45. The summed E-state index contributed by atoms with van der Waals surface area (Å²) in [6.07, 6.45) is -3.03.